The highest BCUT2D eigenvalue weighted by atomic mass is 79.9. The Hall–Kier alpha value is -1.36. The van der Waals surface area contributed by atoms with E-state index in [4.69, 9.17) is 5.73 Å². The summed E-state index contributed by atoms with van der Waals surface area (Å²) in [5, 5.41) is 0. The second-order valence-electron chi connectivity index (χ2n) is 3.56. The SMILES string of the molecule is C=CCN1C(N)=NCC1c1ccc(Br)cn1. The number of aliphatic imine (C=N–C) groups is 1. The van der Waals surface area contributed by atoms with Crippen molar-refractivity contribution in [1.82, 2.24) is 9.88 Å². The first-order valence-corrected chi connectivity index (χ1v) is 5.80. The zero-order valence-electron chi connectivity index (χ0n) is 8.81. The van der Waals surface area contributed by atoms with Gasteiger partial charge in [0.15, 0.2) is 5.96 Å². The molecule has 0 fully saturated rings. The maximum absolute atomic E-state index is 5.81. The first-order chi connectivity index (χ1) is 7.72. The minimum atomic E-state index is 0.131. The molecular formula is C11H13BrN4. The number of halogens is 1. The molecule has 0 spiro atoms. The summed E-state index contributed by atoms with van der Waals surface area (Å²) < 4.78 is 0.971. The molecule has 2 N–H and O–H groups in total. The Balaban J connectivity index is 2.21. The quantitative estimate of drug-likeness (QED) is 0.858. The Labute approximate surface area is 103 Å². The Morgan fingerprint density at radius 2 is 2.44 bits per heavy atom. The lowest BCUT2D eigenvalue weighted by Gasteiger charge is -2.24. The fraction of sp³-hybridized carbons (Fsp3) is 0.273. The van der Waals surface area contributed by atoms with Gasteiger partial charge in [0.1, 0.15) is 0 Å². The number of guanidine groups is 1. The highest BCUT2D eigenvalue weighted by Crippen LogP contribution is 2.24. The van der Waals surface area contributed by atoms with Crippen molar-refractivity contribution in [3.8, 4) is 0 Å². The van der Waals surface area contributed by atoms with Crippen molar-refractivity contribution in [2.24, 2.45) is 10.7 Å². The second kappa shape index (κ2) is 4.65. The molecule has 2 rings (SSSR count). The highest BCUT2D eigenvalue weighted by Gasteiger charge is 2.27. The lowest BCUT2D eigenvalue weighted by atomic mass is 10.2. The van der Waals surface area contributed by atoms with E-state index in [2.05, 4.69) is 32.5 Å². The molecule has 84 valence electrons. The van der Waals surface area contributed by atoms with Crippen LogP contribution >= 0.6 is 15.9 Å². The molecule has 1 aliphatic heterocycles. The normalized spacial score (nSPS) is 19.7. The molecule has 0 amide bonds. The van der Waals surface area contributed by atoms with Gasteiger partial charge in [-0.15, -0.1) is 6.58 Å². The molecule has 0 saturated carbocycles. The van der Waals surface area contributed by atoms with Gasteiger partial charge in [0.2, 0.25) is 0 Å². The van der Waals surface area contributed by atoms with Gasteiger partial charge in [-0.1, -0.05) is 6.08 Å². The Kier molecular flexibility index (Phi) is 3.24. The molecule has 2 heterocycles. The summed E-state index contributed by atoms with van der Waals surface area (Å²) in [5.74, 6) is 0.564. The second-order valence-corrected chi connectivity index (χ2v) is 4.47. The number of nitrogens with two attached hydrogens (primary N) is 1. The van der Waals surface area contributed by atoms with Crippen LogP contribution in [0.1, 0.15) is 11.7 Å². The van der Waals surface area contributed by atoms with Gasteiger partial charge in [0, 0.05) is 17.2 Å². The molecule has 1 aliphatic rings. The zero-order valence-corrected chi connectivity index (χ0v) is 10.4. The molecule has 0 radical (unpaired) electrons. The van der Waals surface area contributed by atoms with Crippen LogP contribution in [0.5, 0.6) is 0 Å². The first-order valence-electron chi connectivity index (χ1n) is 5.01. The van der Waals surface area contributed by atoms with Gasteiger partial charge in [-0.3, -0.25) is 9.98 Å². The van der Waals surface area contributed by atoms with Crippen LogP contribution in [0.4, 0.5) is 0 Å². The number of pyridine rings is 1. The molecule has 1 aromatic heterocycles. The minimum absolute atomic E-state index is 0.131. The standard InChI is InChI=1S/C11H13BrN4/c1-2-5-16-10(7-15-11(16)13)9-4-3-8(12)6-14-9/h2-4,6,10H,1,5,7H2,(H2,13,15). The van der Waals surface area contributed by atoms with E-state index >= 15 is 0 Å². The number of aromatic nitrogens is 1. The van der Waals surface area contributed by atoms with Crippen LogP contribution in [0.25, 0.3) is 0 Å². The smallest absolute Gasteiger partial charge is 0.192 e. The van der Waals surface area contributed by atoms with E-state index in [1.165, 1.54) is 0 Å². The summed E-state index contributed by atoms with van der Waals surface area (Å²) >= 11 is 3.37. The van der Waals surface area contributed by atoms with Gasteiger partial charge in [-0.25, -0.2) is 0 Å². The summed E-state index contributed by atoms with van der Waals surface area (Å²) in [4.78, 5) is 10.6. The third kappa shape index (κ3) is 2.09. The monoisotopic (exact) mass is 280 g/mol. The molecule has 1 aromatic rings. The Morgan fingerprint density at radius 1 is 1.62 bits per heavy atom. The summed E-state index contributed by atoms with van der Waals surface area (Å²) in [6, 6.07) is 4.09. The van der Waals surface area contributed by atoms with Crippen LogP contribution in [0.15, 0.2) is 40.4 Å². The van der Waals surface area contributed by atoms with Crippen molar-refractivity contribution in [3.63, 3.8) is 0 Å². The minimum Gasteiger partial charge on any atom is -0.370 e. The number of nitrogens with zero attached hydrogens (tertiary/aromatic N) is 3. The summed E-state index contributed by atoms with van der Waals surface area (Å²) in [6.07, 6.45) is 3.61. The summed E-state index contributed by atoms with van der Waals surface area (Å²) in [7, 11) is 0. The van der Waals surface area contributed by atoms with Gasteiger partial charge in [0.25, 0.3) is 0 Å². The predicted octanol–water partition coefficient (Wildman–Crippen LogP) is 1.70. The van der Waals surface area contributed by atoms with E-state index in [9.17, 15) is 0 Å². The van der Waals surface area contributed by atoms with Crippen LogP contribution in [0, 0.1) is 0 Å². The van der Waals surface area contributed by atoms with Crippen molar-refractivity contribution >= 4 is 21.9 Å². The Morgan fingerprint density at radius 3 is 3.06 bits per heavy atom. The van der Waals surface area contributed by atoms with Crippen LogP contribution in [-0.4, -0.2) is 28.9 Å². The van der Waals surface area contributed by atoms with E-state index in [1.54, 1.807) is 6.20 Å². The van der Waals surface area contributed by atoms with Crippen LogP contribution in [0.2, 0.25) is 0 Å². The molecule has 0 aliphatic carbocycles. The topological polar surface area (TPSA) is 54.5 Å². The van der Waals surface area contributed by atoms with E-state index in [1.807, 2.05) is 23.1 Å². The Bertz CT molecular complexity index is 412. The molecule has 16 heavy (non-hydrogen) atoms. The fourth-order valence-corrected chi connectivity index (χ4v) is 1.96. The molecule has 1 unspecified atom stereocenters. The first kappa shape index (κ1) is 11.1. The van der Waals surface area contributed by atoms with Crippen molar-refractivity contribution < 1.29 is 0 Å². The number of rotatable bonds is 3. The maximum Gasteiger partial charge on any atom is 0.192 e. The molecule has 0 aromatic carbocycles. The van der Waals surface area contributed by atoms with Crippen molar-refractivity contribution in [2.75, 3.05) is 13.1 Å². The third-order valence-corrected chi connectivity index (χ3v) is 2.98. The highest BCUT2D eigenvalue weighted by molar-refractivity contribution is 9.10. The molecule has 1 atom stereocenters. The molecule has 0 bridgehead atoms. The van der Waals surface area contributed by atoms with E-state index < -0.39 is 0 Å². The van der Waals surface area contributed by atoms with E-state index in [0.29, 0.717) is 19.0 Å². The van der Waals surface area contributed by atoms with Crippen molar-refractivity contribution in [3.05, 3.63) is 41.2 Å². The third-order valence-electron chi connectivity index (χ3n) is 2.51. The molecule has 5 heteroatoms. The summed E-state index contributed by atoms with van der Waals surface area (Å²) in [5.41, 5.74) is 6.79. The van der Waals surface area contributed by atoms with E-state index in [-0.39, 0.29) is 6.04 Å². The zero-order chi connectivity index (χ0) is 11.5. The average Bonchev–Trinajstić information content (AvgIpc) is 2.63. The van der Waals surface area contributed by atoms with Gasteiger partial charge >= 0.3 is 0 Å². The van der Waals surface area contributed by atoms with Gasteiger partial charge < -0.3 is 10.6 Å². The lowest BCUT2D eigenvalue weighted by molar-refractivity contribution is 0.373. The van der Waals surface area contributed by atoms with Crippen molar-refractivity contribution in [1.29, 1.82) is 0 Å². The molecule has 4 nitrogen and oxygen atoms in total. The summed E-state index contributed by atoms with van der Waals surface area (Å²) in [6.45, 7) is 5.07. The van der Waals surface area contributed by atoms with E-state index in [0.717, 1.165) is 10.2 Å². The van der Waals surface area contributed by atoms with Gasteiger partial charge in [-0.2, -0.15) is 0 Å². The largest absolute Gasteiger partial charge is 0.370 e. The number of hydrogen-bond acceptors (Lipinski definition) is 4. The average molecular weight is 281 g/mol. The van der Waals surface area contributed by atoms with Crippen LogP contribution in [-0.2, 0) is 0 Å². The maximum atomic E-state index is 5.81. The molecular weight excluding hydrogens is 268 g/mol. The van der Waals surface area contributed by atoms with Crippen molar-refractivity contribution in [2.45, 2.75) is 6.04 Å². The lowest BCUT2D eigenvalue weighted by Crippen LogP contribution is -2.36. The predicted molar refractivity (Wildman–Crippen MR) is 68.1 cm³/mol. The van der Waals surface area contributed by atoms with Gasteiger partial charge in [-0.05, 0) is 28.1 Å². The van der Waals surface area contributed by atoms with Crippen LogP contribution in [0.3, 0.4) is 0 Å². The van der Waals surface area contributed by atoms with Crippen LogP contribution < -0.4 is 5.73 Å². The molecule has 0 saturated heterocycles. The number of hydrogen-bond donors (Lipinski definition) is 1. The van der Waals surface area contributed by atoms with Gasteiger partial charge in [0.05, 0.1) is 18.3 Å². The fourth-order valence-electron chi connectivity index (χ4n) is 1.73.